The number of halogens is 1. The Morgan fingerprint density at radius 3 is 2.56 bits per heavy atom. The second-order valence-electron chi connectivity index (χ2n) is 7.87. The van der Waals surface area contributed by atoms with Gasteiger partial charge in [-0.3, -0.25) is 4.79 Å². The van der Waals surface area contributed by atoms with Gasteiger partial charge in [0.25, 0.3) is 0 Å². The van der Waals surface area contributed by atoms with Crippen LogP contribution in [-0.2, 0) is 4.79 Å². The Labute approximate surface area is 200 Å². The minimum Gasteiger partial charge on any atom is -0.339 e. The number of hydrogen-bond acceptors (Lipinski definition) is 5. The monoisotopic (exact) mass is 473 g/mol. The van der Waals surface area contributed by atoms with Crippen LogP contribution in [0.25, 0.3) is 11.4 Å². The zero-order valence-corrected chi connectivity index (χ0v) is 18.7. The van der Waals surface area contributed by atoms with Crippen molar-refractivity contribution in [2.45, 2.75) is 12.3 Å². The van der Waals surface area contributed by atoms with Gasteiger partial charge in [0.2, 0.25) is 17.6 Å². The first-order valence-corrected chi connectivity index (χ1v) is 11.1. The van der Waals surface area contributed by atoms with Crippen molar-refractivity contribution in [2.75, 3.05) is 22.1 Å². The fourth-order valence-electron chi connectivity index (χ4n) is 3.84. The molecule has 1 fully saturated rings. The smallest absolute Gasteiger partial charge is 0.323 e. The molecule has 0 bridgehead atoms. The average Bonchev–Trinajstić information content (AvgIpc) is 3.47. The summed E-state index contributed by atoms with van der Waals surface area (Å²) >= 11 is 6.07. The predicted molar refractivity (Wildman–Crippen MR) is 130 cm³/mol. The number of nitrogens with zero attached hydrogens (tertiary/aromatic N) is 3. The van der Waals surface area contributed by atoms with Gasteiger partial charge in [-0.05, 0) is 42.5 Å². The largest absolute Gasteiger partial charge is 0.339 e. The Hall–Kier alpha value is -4.17. The lowest BCUT2D eigenvalue weighted by Crippen LogP contribution is -2.24. The molecule has 8 nitrogen and oxygen atoms in total. The molecule has 0 radical (unpaired) electrons. The number of carbonyl (C=O) groups is 2. The van der Waals surface area contributed by atoms with Crippen LogP contribution in [0, 0.1) is 0 Å². The van der Waals surface area contributed by atoms with Crippen LogP contribution in [0.3, 0.4) is 0 Å². The highest BCUT2D eigenvalue weighted by molar-refractivity contribution is 6.30. The summed E-state index contributed by atoms with van der Waals surface area (Å²) in [4.78, 5) is 31.1. The van der Waals surface area contributed by atoms with E-state index in [0.29, 0.717) is 40.2 Å². The predicted octanol–water partition coefficient (Wildman–Crippen LogP) is 5.55. The lowest BCUT2D eigenvalue weighted by Gasteiger charge is -2.16. The Morgan fingerprint density at radius 2 is 1.74 bits per heavy atom. The number of carbonyl (C=O) groups excluding carboxylic acids is 2. The van der Waals surface area contributed by atoms with Gasteiger partial charge in [0.15, 0.2) is 0 Å². The van der Waals surface area contributed by atoms with E-state index in [0.717, 1.165) is 5.69 Å². The third-order valence-electron chi connectivity index (χ3n) is 5.45. The zero-order chi connectivity index (χ0) is 23.5. The first-order valence-electron chi connectivity index (χ1n) is 10.7. The van der Waals surface area contributed by atoms with Crippen LogP contribution < -0.4 is 15.5 Å². The normalized spacial score (nSPS) is 15.4. The molecule has 9 heteroatoms. The number of anilines is 3. The molecule has 170 valence electrons. The molecular weight excluding hydrogens is 454 g/mol. The maximum atomic E-state index is 12.6. The number of rotatable bonds is 5. The van der Waals surface area contributed by atoms with E-state index in [1.807, 2.05) is 36.4 Å². The summed E-state index contributed by atoms with van der Waals surface area (Å²) in [5.74, 6) is 0.539. The maximum absolute atomic E-state index is 12.6. The Balaban J connectivity index is 1.27. The fraction of sp³-hybridized carbons (Fsp3) is 0.120. The third kappa shape index (κ3) is 4.77. The molecule has 3 amide bonds. The standard InChI is InChI=1S/C25H20ClN5O3/c26-18-7-5-11-21(14-18)31-15-17(13-22(31)32)24-29-23(30-34-24)16-6-4-10-20(12-16)28-25(33)27-19-8-2-1-3-9-19/h1-12,14,17H,13,15H2,(H2,27,28,33)/t17-/m0/s1. The fourth-order valence-corrected chi connectivity index (χ4v) is 4.02. The highest BCUT2D eigenvalue weighted by atomic mass is 35.5. The second-order valence-corrected chi connectivity index (χ2v) is 8.30. The molecule has 0 aliphatic carbocycles. The van der Waals surface area contributed by atoms with Crippen LogP contribution in [0.15, 0.2) is 83.4 Å². The molecule has 4 aromatic rings. The molecule has 34 heavy (non-hydrogen) atoms. The molecule has 0 saturated carbocycles. The van der Waals surface area contributed by atoms with Gasteiger partial charge in [0.05, 0.1) is 5.92 Å². The summed E-state index contributed by atoms with van der Waals surface area (Å²) < 4.78 is 5.49. The maximum Gasteiger partial charge on any atom is 0.323 e. The molecular formula is C25H20ClN5O3. The lowest BCUT2D eigenvalue weighted by atomic mass is 10.1. The lowest BCUT2D eigenvalue weighted by molar-refractivity contribution is -0.117. The van der Waals surface area contributed by atoms with Crippen molar-refractivity contribution in [1.29, 1.82) is 0 Å². The summed E-state index contributed by atoms with van der Waals surface area (Å²) in [7, 11) is 0. The highest BCUT2D eigenvalue weighted by Gasteiger charge is 2.35. The first kappa shape index (κ1) is 21.7. The minimum absolute atomic E-state index is 0.0253. The van der Waals surface area contributed by atoms with Gasteiger partial charge in [-0.1, -0.05) is 53.2 Å². The minimum atomic E-state index is -0.359. The molecule has 1 aliphatic rings. The van der Waals surface area contributed by atoms with Crippen LogP contribution in [0.1, 0.15) is 18.2 Å². The second kappa shape index (κ2) is 9.36. The average molecular weight is 474 g/mol. The van der Waals surface area contributed by atoms with Crippen molar-refractivity contribution in [3.8, 4) is 11.4 Å². The van der Waals surface area contributed by atoms with Crippen LogP contribution in [0.4, 0.5) is 21.9 Å². The van der Waals surface area contributed by atoms with Gasteiger partial charge in [-0.15, -0.1) is 0 Å². The third-order valence-corrected chi connectivity index (χ3v) is 5.68. The number of benzene rings is 3. The SMILES string of the molecule is O=C(Nc1ccccc1)Nc1cccc(-c2noc([C@H]3CC(=O)N(c4cccc(Cl)c4)C3)n2)c1. The summed E-state index contributed by atoms with van der Waals surface area (Å²) in [6.45, 7) is 0.433. The molecule has 1 aromatic heterocycles. The molecule has 1 aliphatic heterocycles. The van der Waals surface area contributed by atoms with Crippen LogP contribution in [0.5, 0.6) is 0 Å². The number of amides is 3. The number of aromatic nitrogens is 2. The van der Waals surface area contributed by atoms with Crippen LogP contribution >= 0.6 is 11.6 Å². The van der Waals surface area contributed by atoms with Gasteiger partial charge >= 0.3 is 6.03 Å². The molecule has 1 atom stereocenters. The van der Waals surface area contributed by atoms with Crippen molar-refractivity contribution in [3.05, 3.63) is 89.8 Å². The summed E-state index contributed by atoms with van der Waals surface area (Å²) in [6.07, 6.45) is 0.273. The van der Waals surface area contributed by atoms with E-state index in [4.69, 9.17) is 16.1 Å². The summed E-state index contributed by atoms with van der Waals surface area (Å²) in [6, 6.07) is 23.1. The van der Waals surface area contributed by atoms with Gasteiger partial charge < -0.3 is 20.1 Å². The summed E-state index contributed by atoms with van der Waals surface area (Å²) in [5, 5.41) is 10.2. The van der Waals surface area contributed by atoms with Crippen LogP contribution in [-0.4, -0.2) is 28.6 Å². The molecule has 2 heterocycles. The Morgan fingerprint density at radius 1 is 0.971 bits per heavy atom. The number of hydrogen-bond donors (Lipinski definition) is 2. The summed E-state index contributed by atoms with van der Waals surface area (Å²) in [5.41, 5.74) is 2.70. The van der Waals surface area contributed by atoms with E-state index in [9.17, 15) is 9.59 Å². The van der Waals surface area contributed by atoms with Crippen molar-refractivity contribution in [2.24, 2.45) is 0 Å². The Kier molecular flexibility index (Phi) is 5.97. The highest BCUT2D eigenvalue weighted by Crippen LogP contribution is 2.33. The topological polar surface area (TPSA) is 100 Å². The first-order chi connectivity index (χ1) is 16.5. The van der Waals surface area contributed by atoms with Gasteiger partial charge in [0.1, 0.15) is 0 Å². The van der Waals surface area contributed by atoms with E-state index in [1.165, 1.54) is 0 Å². The van der Waals surface area contributed by atoms with E-state index in [1.54, 1.807) is 47.4 Å². The molecule has 3 aromatic carbocycles. The van der Waals surface area contributed by atoms with Gasteiger partial charge in [0, 0.05) is 40.6 Å². The quantitative estimate of drug-likeness (QED) is 0.395. The van der Waals surface area contributed by atoms with Gasteiger partial charge in [-0.25, -0.2) is 4.79 Å². The zero-order valence-electron chi connectivity index (χ0n) is 17.9. The van der Waals surface area contributed by atoms with Crippen LogP contribution in [0.2, 0.25) is 5.02 Å². The number of nitrogens with one attached hydrogen (secondary N) is 2. The number of urea groups is 1. The van der Waals surface area contributed by atoms with Gasteiger partial charge in [-0.2, -0.15) is 4.98 Å². The van der Waals surface area contributed by atoms with E-state index in [2.05, 4.69) is 20.8 Å². The van der Waals surface area contributed by atoms with E-state index >= 15 is 0 Å². The van der Waals surface area contributed by atoms with Crippen molar-refractivity contribution in [1.82, 2.24) is 10.1 Å². The molecule has 1 saturated heterocycles. The molecule has 0 spiro atoms. The molecule has 2 N–H and O–H groups in total. The number of para-hydroxylation sites is 1. The van der Waals surface area contributed by atoms with E-state index < -0.39 is 0 Å². The van der Waals surface area contributed by atoms with Crippen molar-refractivity contribution in [3.63, 3.8) is 0 Å². The van der Waals surface area contributed by atoms with Crippen molar-refractivity contribution < 1.29 is 14.1 Å². The molecule has 5 rings (SSSR count). The molecule has 0 unspecified atom stereocenters. The van der Waals surface area contributed by atoms with E-state index in [-0.39, 0.29) is 24.3 Å². The van der Waals surface area contributed by atoms with Crippen molar-refractivity contribution >= 4 is 40.6 Å². The Bertz CT molecular complexity index is 1340.